The number of hydrogen-bond donors (Lipinski definition) is 0. The summed E-state index contributed by atoms with van der Waals surface area (Å²) >= 11 is 0. The lowest BCUT2D eigenvalue weighted by Gasteiger charge is -2.33. The number of anilines is 1. The molecule has 2 heterocycles. The van der Waals surface area contributed by atoms with Crippen molar-refractivity contribution in [2.75, 3.05) is 31.1 Å². The van der Waals surface area contributed by atoms with Gasteiger partial charge in [0.05, 0.1) is 11.8 Å². The zero-order valence-corrected chi connectivity index (χ0v) is 9.39. The first-order valence-corrected chi connectivity index (χ1v) is 5.35. The molecular weight excluding hydrogens is 249 g/mol. The van der Waals surface area contributed by atoms with Crippen LogP contribution in [0.4, 0.5) is 19.0 Å². The minimum absolute atomic E-state index is 0.190. The lowest BCUT2D eigenvalue weighted by Crippen LogP contribution is -2.46. The number of aromatic nitrogens is 2. The van der Waals surface area contributed by atoms with E-state index in [9.17, 15) is 18.0 Å². The van der Waals surface area contributed by atoms with Gasteiger partial charge in [0.25, 0.3) is 0 Å². The number of carbonyl (C=O) groups is 1. The highest BCUT2D eigenvalue weighted by Gasteiger charge is 2.32. The smallest absolute Gasteiger partial charge is 0.352 e. The van der Waals surface area contributed by atoms with Crippen molar-refractivity contribution >= 4 is 12.2 Å². The Bertz CT molecular complexity index is 429. The lowest BCUT2D eigenvalue weighted by atomic mass is 10.2. The van der Waals surface area contributed by atoms with Crippen molar-refractivity contribution in [2.45, 2.75) is 6.18 Å². The summed E-state index contributed by atoms with van der Waals surface area (Å²) in [5.41, 5.74) is -0.815. The monoisotopic (exact) mass is 260 g/mol. The largest absolute Gasteiger partial charge is 0.418 e. The average Bonchev–Trinajstić information content (AvgIpc) is 2.38. The fourth-order valence-electron chi connectivity index (χ4n) is 1.72. The van der Waals surface area contributed by atoms with E-state index in [1.165, 1.54) is 0 Å². The van der Waals surface area contributed by atoms with E-state index in [-0.39, 0.29) is 5.82 Å². The van der Waals surface area contributed by atoms with Gasteiger partial charge < -0.3 is 9.80 Å². The van der Waals surface area contributed by atoms with Crippen molar-refractivity contribution < 1.29 is 18.0 Å². The van der Waals surface area contributed by atoms with Crippen LogP contribution in [-0.2, 0) is 11.0 Å². The summed E-state index contributed by atoms with van der Waals surface area (Å²) in [6.07, 6.45) is -2.99. The fourth-order valence-corrected chi connectivity index (χ4v) is 1.72. The van der Waals surface area contributed by atoms with Crippen molar-refractivity contribution in [2.24, 2.45) is 0 Å². The Labute approximate surface area is 101 Å². The molecule has 0 atom stereocenters. The summed E-state index contributed by atoms with van der Waals surface area (Å²) in [7, 11) is 0. The van der Waals surface area contributed by atoms with Gasteiger partial charge >= 0.3 is 6.18 Å². The average molecular weight is 260 g/mol. The molecule has 1 saturated heterocycles. The van der Waals surface area contributed by atoms with Crippen LogP contribution in [0.5, 0.6) is 0 Å². The molecule has 0 spiro atoms. The second kappa shape index (κ2) is 4.79. The molecule has 2 rings (SSSR count). The van der Waals surface area contributed by atoms with Gasteiger partial charge in [0.15, 0.2) is 5.82 Å². The maximum Gasteiger partial charge on any atom is 0.418 e. The van der Waals surface area contributed by atoms with Crippen LogP contribution in [-0.4, -0.2) is 47.7 Å². The third kappa shape index (κ3) is 2.69. The Kier molecular flexibility index (Phi) is 3.35. The quantitative estimate of drug-likeness (QED) is 0.737. The number of halogens is 3. The van der Waals surface area contributed by atoms with Crippen molar-refractivity contribution in [1.82, 2.24) is 15.1 Å². The fraction of sp³-hybridized carbons (Fsp3) is 0.500. The van der Waals surface area contributed by atoms with Crippen molar-refractivity contribution in [3.63, 3.8) is 0 Å². The molecule has 0 unspecified atom stereocenters. The van der Waals surface area contributed by atoms with Gasteiger partial charge in [-0.3, -0.25) is 4.79 Å². The summed E-state index contributed by atoms with van der Waals surface area (Å²) in [5, 5.41) is 7.07. The standard InChI is InChI=1S/C10H11F3N4O/c11-10(12,13)8-5-9(15-14-6-8)17-3-1-16(7-18)2-4-17/h5-7H,1-4H2. The number of piperazine rings is 1. The molecule has 5 nitrogen and oxygen atoms in total. The molecule has 18 heavy (non-hydrogen) atoms. The lowest BCUT2D eigenvalue weighted by molar-refractivity contribution is -0.137. The highest BCUT2D eigenvalue weighted by molar-refractivity contribution is 5.49. The minimum atomic E-state index is -4.42. The van der Waals surface area contributed by atoms with E-state index in [1.54, 1.807) is 9.80 Å². The number of hydrogen-bond acceptors (Lipinski definition) is 4. The predicted octanol–water partition coefficient (Wildman–Crippen LogP) is 0.774. The zero-order valence-electron chi connectivity index (χ0n) is 9.39. The van der Waals surface area contributed by atoms with Crippen molar-refractivity contribution in [1.29, 1.82) is 0 Å². The molecule has 0 aliphatic carbocycles. The Morgan fingerprint density at radius 1 is 1.22 bits per heavy atom. The summed E-state index contributed by atoms with van der Waals surface area (Å²) in [4.78, 5) is 13.8. The van der Waals surface area contributed by atoms with Gasteiger partial charge in [0.2, 0.25) is 6.41 Å². The minimum Gasteiger partial charge on any atom is -0.352 e. The Morgan fingerprint density at radius 2 is 1.89 bits per heavy atom. The molecule has 1 aromatic rings. The molecule has 0 aromatic carbocycles. The van der Waals surface area contributed by atoms with Gasteiger partial charge in [-0.05, 0) is 6.07 Å². The number of amides is 1. The van der Waals surface area contributed by atoms with Crippen LogP contribution in [0.25, 0.3) is 0 Å². The normalized spacial score (nSPS) is 16.8. The molecule has 0 bridgehead atoms. The number of nitrogens with zero attached hydrogens (tertiary/aromatic N) is 4. The van der Waals surface area contributed by atoms with Crippen LogP contribution in [0.15, 0.2) is 12.3 Å². The first-order chi connectivity index (χ1) is 8.50. The summed E-state index contributed by atoms with van der Waals surface area (Å²) in [6.45, 7) is 1.85. The van der Waals surface area contributed by atoms with E-state index in [4.69, 9.17) is 0 Å². The molecular formula is C10H11F3N4O. The molecule has 0 N–H and O–H groups in total. The van der Waals surface area contributed by atoms with Crippen LogP contribution >= 0.6 is 0 Å². The molecule has 1 amide bonds. The van der Waals surface area contributed by atoms with Crippen LogP contribution in [0.2, 0.25) is 0 Å². The van der Waals surface area contributed by atoms with E-state index in [0.717, 1.165) is 12.5 Å². The Balaban J connectivity index is 2.12. The maximum atomic E-state index is 12.5. The van der Waals surface area contributed by atoms with Gasteiger partial charge in [-0.25, -0.2) is 0 Å². The molecule has 1 aliphatic heterocycles. The van der Waals surface area contributed by atoms with Crippen LogP contribution in [0, 0.1) is 0 Å². The topological polar surface area (TPSA) is 49.3 Å². The van der Waals surface area contributed by atoms with E-state index in [1.807, 2.05) is 0 Å². The van der Waals surface area contributed by atoms with Crippen LogP contribution in [0.1, 0.15) is 5.56 Å². The molecule has 0 radical (unpaired) electrons. The first kappa shape index (κ1) is 12.6. The SMILES string of the molecule is O=CN1CCN(c2cc(C(F)(F)F)cnn2)CC1. The second-order valence-corrected chi connectivity index (χ2v) is 3.93. The Morgan fingerprint density at radius 3 is 2.44 bits per heavy atom. The van der Waals surface area contributed by atoms with Crippen molar-refractivity contribution in [3.05, 3.63) is 17.8 Å². The number of alkyl halides is 3. The summed E-state index contributed by atoms with van der Waals surface area (Å²) in [5.74, 6) is 0.190. The van der Waals surface area contributed by atoms with Gasteiger partial charge in [-0.15, -0.1) is 5.10 Å². The Hall–Kier alpha value is -1.86. The number of carbonyl (C=O) groups excluding carboxylic acids is 1. The first-order valence-electron chi connectivity index (χ1n) is 5.35. The van der Waals surface area contributed by atoms with Gasteiger partial charge in [0.1, 0.15) is 0 Å². The highest BCUT2D eigenvalue weighted by Crippen LogP contribution is 2.30. The van der Waals surface area contributed by atoms with E-state index >= 15 is 0 Å². The zero-order chi connectivity index (χ0) is 13.2. The van der Waals surface area contributed by atoms with Gasteiger partial charge in [-0.1, -0.05) is 0 Å². The van der Waals surface area contributed by atoms with E-state index < -0.39 is 11.7 Å². The van der Waals surface area contributed by atoms with Gasteiger partial charge in [-0.2, -0.15) is 18.3 Å². The predicted molar refractivity (Wildman–Crippen MR) is 56.9 cm³/mol. The third-order valence-corrected chi connectivity index (χ3v) is 2.76. The van der Waals surface area contributed by atoms with Gasteiger partial charge in [0, 0.05) is 26.2 Å². The van der Waals surface area contributed by atoms with Crippen molar-refractivity contribution in [3.8, 4) is 0 Å². The molecule has 8 heteroatoms. The molecule has 1 aliphatic rings. The van der Waals surface area contributed by atoms with Crippen LogP contribution < -0.4 is 4.90 Å². The summed E-state index contributed by atoms with van der Waals surface area (Å²) in [6, 6.07) is 0.976. The second-order valence-electron chi connectivity index (χ2n) is 3.93. The number of rotatable bonds is 2. The molecule has 1 aromatic heterocycles. The summed E-state index contributed by atoms with van der Waals surface area (Å²) < 4.78 is 37.5. The third-order valence-electron chi connectivity index (χ3n) is 2.76. The van der Waals surface area contributed by atoms with E-state index in [2.05, 4.69) is 10.2 Å². The molecule has 1 fully saturated rings. The van der Waals surface area contributed by atoms with E-state index in [0.29, 0.717) is 32.4 Å². The molecule has 98 valence electrons. The molecule has 0 saturated carbocycles. The highest BCUT2D eigenvalue weighted by atomic mass is 19.4. The maximum absolute atomic E-state index is 12.5. The van der Waals surface area contributed by atoms with Crippen LogP contribution in [0.3, 0.4) is 0 Å².